The zero-order chi connectivity index (χ0) is 19.8. The second kappa shape index (κ2) is 7.50. The minimum atomic E-state index is -0.208. The van der Waals surface area contributed by atoms with Crippen molar-refractivity contribution in [1.82, 2.24) is 10.9 Å². The van der Waals surface area contributed by atoms with Crippen molar-refractivity contribution in [2.24, 2.45) is 5.92 Å². The summed E-state index contributed by atoms with van der Waals surface area (Å²) < 4.78 is 18.9. The minimum absolute atomic E-state index is 0.109. The number of benzene rings is 3. The predicted octanol–water partition coefficient (Wildman–Crippen LogP) is 4.36. The Bertz CT molecular complexity index is 993. The summed E-state index contributed by atoms with van der Waals surface area (Å²) >= 11 is 0. The Balaban J connectivity index is 1.52. The molecular weight excluding hydrogens is 365 g/mol. The first-order chi connectivity index (χ1) is 14.2. The Morgan fingerprint density at radius 3 is 2.48 bits per heavy atom. The molecule has 3 atom stereocenters. The van der Waals surface area contributed by atoms with Crippen molar-refractivity contribution in [1.29, 1.82) is 0 Å². The van der Waals surface area contributed by atoms with Gasteiger partial charge in [-0.15, -0.1) is 0 Å². The van der Waals surface area contributed by atoms with Crippen molar-refractivity contribution in [3.63, 3.8) is 0 Å². The molecule has 0 bridgehead atoms. The summed E-state index contributed by atoms with van der Waals surface area (Å²) in [6, 6.07) is 23.9. The lowest BCUT2D eigenvalue weighted by atomic mass is 9.82. The highest BCUT2D eigenvalue weighted by molar-refractivity contribution is 5.61. The molecule has 0 aliphatic carbocycles. The highest BCUT2D eigenvalue weighted by Gasteiger charge is 2.43. The van der Waals surface area contributed by atoms with Crippen molar-refractivity contribution >= 4 is 5.69 Å². The highest BCUT2D eigenvalue weighted by atomic mass is 19.1. The molecule has 5 rings (SSSR count). The zero-order valence-electron chi connectivity index (χ0n) is 16.3. The Morgan fingerprint density at radius 2 is 1.72 bits per heavy atom. The lowest BCUT2D eigenvalue weighted by molar-refractivity contribution is 0.393. The number of nitrogens with one attached hydrogen (secondary N) is 2. The first-order valence-electron chi connectivity index (χ1n) is 9.96. The van der Waals surface area contributed by atoms with E-state index in [9.17, 15) is 4.39 Å². The van der Waals surface area contributed by atoms with Gasteiger partial charge < -0.3 is 9.64 Å². The quantitative estimate of drug-likeness (QED) is 0.695. The Labute approximate surface area is 170 Å². The molecule has 0 saturated carbocycles. The van der Waals surface area contributed by atoms with E-state index in [0.29, 0.717) is 5.92 Å². The molecule has 148 valence electrons. The molecule has 3 aromatic carbocycles. The van der Waals surface area contributed by atoms with Crippen LogP contribution in [0.2, 0.25) is 0 Å². The van der Waals surface area contributed by atoms with Crippen LogP contribution in [0, 0.1) is 11.7 Å². The van der Waals surface area contributed by atoms with Crippen LogP contribution in [0.5, 0.6) is 5.75 Å². The maximum absolute atomic E-state index is 13.4. The fourth-order valence-electron chi connectivity index (χ4n) is 4.61. The Kier molecular flexibility index (Phi) is 4.70. The van der Waals surface area contributed by atoms with E-state index in [-0.39, 0.29) is 17.9 Å². The zero-order valence-corrected chi connectivity index (χ0v) is 16.3. The second-order valence-electron chi connectivity index (χ2n) is 7.75. The van der Waals surface area contributed by atoms with Crippen molar-refractivity contribution in [2.45, 2.75) is 18.6 Å². The summed E-state index contributed by atoms with van der Waals surface area (Å²) in [4.78, 5) is 2.44. The molecule has 2 aliphatic heterocycles. The molecule has 2 heterocycles. The van der Waals surface area contributed by atoms with Crippen LogP contribution in [0.15, 0.2) is 72.8 Å². The monoisotopic (exact) mass is 389 g/mol. The van der Waals surface area contributed by atoms with Gasteiger partial charge in [0, 0.05) is 24.7 Å². The molecule has 3 aromatic rings. The number of fused-ring (bicyclic) bond motifs is 3. The lowest BCUT2D eigenvalue weighted by Gasteiger charge is -2.39. The summed E-state index contributed by atoms with van der Waals surface area (Å²) in [5, 5.41) is 0. The van der Waals surface area contributed by atoms with Crippen LogP contribution in [0.25, 0.3) is 0 Å². The Morgan fingerprint density at radius 1 is 0.966 bits per heavy atom. The molecule has 5 heteroatoms. The van der Waals surface area contributed by atoms with Gasteiger partial charge in [-0.1, -0.05) is 42.5 Å². The van der Waals surface area contributed by atoms with E-state index in [4.69, 9.17) is 4.74 Å². The summed E-state index contributed by atoms with van der Waals surface area (Å²) in [5.41, 5.74) is 11.8. The molecule has 4 nitrogen and oxygen atoms in total. The van der Waals surface area contributed by atoms with Gasteiger partial charge in [-0.2, -0.15) is 0 Å². The second-order valence-corrected chi connectivity index (χ2v) is 7.75. The van der Waals surface area contributed by atoms with Gasteiger partial charge in [0.25, 0.3) is 0 Å². The molecule has 1 fully saturated rings. The molecule has 2 aliphatic rings. The minimum Gasteiger partial charge on any atom is -0.497 e. The molecule has 2 N–H and O–H groups in total. The summed E-state index contributed by atoms with van der Waals surface area (Å²) in [5.74, 6) is 0.959. The Hall–Kier alpha value is -2.89. The molecule has 0 aromatic heterocycles. The van der Waals surface area contributed by atoms with E-state index in [0.717, 1.165) is 24.4 Å². The van der Waals surface area contributed by atoms with E-state index in [1.807, 2.05) is 24.3 Å². The first kappa shape index (κ1) is 18.2. The summed E-state index contributed by atoms with van der Waals surface area (Å²) in [7, 11) is 1.70. The number of halogens is 1. The van der Waals surface area contributed by atoms with E-state index in [1.54, 1.807) is 7.11 Å². The number of hydrogen-bond donors (Lipinski definition) is 2. The van der Waals surface area contributed by atoms with Crippen LogP contribution >= 0.6 is 0 Å². The first-order valence-corrected chi connectivity index (χ1v) is 9.96. The SMILES string of the molecule is COc1ccc2c(c1)C1NNC(c3ccc(F)cc3)C1CN2Cc1ccccc1. The molecule has 0 radical (unpaired) electrons. The summed E-state index contributed by atoms with van der Waals surface area (Å²) in [6.07, 6.45) is 0. The third-order valence-electron chi connectivity index (χ3n) is 6.04. The average molecular weight is 389 g/mol. The van der Waals surface area contributed by atoms with Crippen LogP contribution in [0.1, 0.15) is 28.8 Å². The maximum atomic E-state index is 13.4. The van der Waals surface area contributed by atoms with Crippen LogP contribution < -0.4 is 20.5 Å². The molecular formula is C24H24FN3O. The van der Waals surface area contributed by atoms with Crippen LogP contribution in [-0.4, -0.2) is 13.7 Å². The fraction of sp³-hybridized carbons (Fsp3) is 0.250. The van der Waals surface area contributed by atoms with Crippen molar-refractivity contribution in [3.05, 3.63) is 95.3 Å². The molecule has 3 unspecified atom stereocenters. The third kappa shape index (κ3) is 3.37. The van der Waals surface area contributed by atoms with Gasteiger partial charge in [-0.3, -0.25) is 0 Å². The van der Waals surface area contributed by atoms with Crippen molar-refractivity contribution in [2.75, 3.05) is 18.6 Å². The molecule has 29 heavy (non-hydrogen) atoms. The fourth-order valence-corrected chi connectivity index (χ4v) is 4.61. The molecule has 1 saturated heterocycles. The van der Waals surface area contributed by atoms with E-state index in [2.05, 4.69) is 52.1 Å². The van der Waals surface area contributed by atoms with Gasteiger partial charge in [0.2, 0.25) is 0 Å². The topological polar surface area (TPSA) is 36.5 Å². The van der Waals surface area contributed by atoms with Crippen LogP contribution in [0.3, 0.4) is 0 Å². The van der Waals surface area contributed by atoms with Gasteiger partial charge >= 0.3 is 0 Å². The third-order valence-corrected chi connectivity index (χ3v) is 6.04. The van der Waals surface area contributed by atoms with Crippen molar-refractivity contribution < 1.29 is 9.13 Å². The van der Waals surface area contributed by atoms with Gasteiger partial charge in [0.1, 0.15) is 11.6 Å². The number of methoxy groups -OCH3 is 1. The number of rotatable bonds is 4. The smallest absolute Gasteiger partial charge is 0.123 e. The van der Waals surface area contributed by atoms with Crippen LogP contribution in [-0.2, 0) is 6.54 Å². The maximum Gasteiger partial charge on any atom is 0.123 e. The van der Waals surface area contributed by atoms with E-state index < -0.39 is 0 Å². The predicted molar refractivity (Wildman–Crippen MR) is 112 cm³/mol. The summed E-state index contributed by atoms with van der Waals surface area (Å²) in [6.45, 7) is 1.75. The van der Waals surface area contributed by atoms with Gasteiger partial charge in [-0.25, -0.2) is 15.2 Å². The number of anilines is 1. The van der Waals surface area contributed by atoms with Gasteiger partial charge in [-0.05, 0) is 47.0 Å². The van der Waals surface area contributed by atoms with Crippen LogP contribution in [0.4, 0.5) is 10.1 Å². The number of hydrazine groups is 1. The van der Waals surface area contributed by atoms with E-state index >= 15 is 0 Å². The highest BCUT2D eigenvalue weighted by Crippen LogP contribution is 2.46. The number of ether oxygens (including phenoxy) is 1. The molecule has 0 spiro atoms. The van der Waals surface area contributed by atoms with E-state index in [1.165, 1.54) is 28.9 Å². The number of hydrogen-bond acceptors (Lipinski definition) is 4. The normalized spacial score (nSPS) is 22.8. The molecule has 0 amide bonds. The van der Waals surface area contributed by atoms with Gasteiger partial charge in [0.05, 0.1) is 19.2 Å². The lowest BCUT2D eigenvalue weighted by Crippen LogP contribution is -2.39. The van der Waals surface area contributed by atoms with Gasteiger partial charge in [0.15, 0.2) is 0 Å². The average Bonchev–Trinajstić information content (AvgIpc) is 3.19. The van der Waals surface area contributed by atoms with Crippen molar-refractivity contribution in [3.8, 4) is 5.75 Å². The largest absolute Gasteiger partial charge is 0.497 e. The number of nitrogens with zero attached hydrogens (tertiary/aromatic N) is 1. The standard InChI is InChI=1S/C24H24FN3O/c1-29-19-11-12-22-20(13-19)24-21(15-28(22)14-16-5-3-2-4-6-16)23(26-27-24)17-7-9-18(25)10-8-17/h2-13,21,23-24,26-27H,14-15H2,1H3.